The molecule has 3 aromatic heterocycles. The van der Waals surface area contributed by atoms with Crippen molar-refractivity contribution in [2.24, 2.45) is 0 Å². The Balaban J connectivity index is 1.43. The lowest BCUT2D eigenvalue weighted by Gasteiger charge is -2.07. The summed E-state index contributed by atoms with van der Waals surface area (Å²) < 4.78 is 1.76. The maximum absolute atomic E-state index is 13.3. The maximum Gasteiger partial charge on any atom is 0.255 e. The van der Waals surface area contributed by atoms with Crippen LogP contribution in [0.2, 0.25) is 0 Å². The molecule has 0 spiro atoms. The minimum Gasteiger partial charge on any atom is -0.345 e. The molecule has 0 saturated heterocycles. The number of benzene rings is 2. The average molecular weight is 466 g/mol. The molecule has 0 saturated carbocycles. The highest BCUT2D eigenvalue weighted by Gasteiger charge is 2.20. The fourth-order valence-corrected chi connectivity index (χ4v) is 4.57. The summed E-state index contributed by atoms with van der Waals surface area (Å²) in [5.74, 6) is -0.183. The molecule has 5 rings (SSSR count). The Morgan fingerprint density at radius 1 is 1.03 bits per heavy atom. The molecule has 0 aliphatic rings. The van der Waals surface area contributed by atoms with Gasteiger partial charge in [0, 0.05) is 35.1 Å². The lowest BCUT2D eigenvalue weighted by molar-refractivity contribution is 0.0951. The lowest BCUT2D eigenvalue weighted by Crippen LogP contribution is -2.23. The predicted molar refractivity (Wildman–Crippen MR) is 135 cm³/mol. The van der Waals surface area contributed by atoms with Crippen LogP contribution in [0.25, 0.3) is 28.2 Å². The largest absolute Gasteiger partial charge is 0.345 e. The Morgan fingerprint density at radius 3 is 2.59 bits per heavy atom. The van der Waals surface area contributed by atoms with Gasteiger partial charge in [-0.3, -0.25) is 9.78 Å². The van der Waals surface area contributed by atoms with E-state index in [-0.39, 0.29) is 5.91 Å². The number of thiazole rings is 1. The third-order valence-corrected chi connectivity index (χ3v) is 6.39. The highest BCUT2D eigenvalue weighted by molar-refractivity contribution is 7.09. The third kappa shape index (κ3) is 4.51. The van der Waals surface area contributed by atoms with Crippen molar-refractivity contribution in [3.05, 3.63) is 106 Å². The van der Waals surface area contributed by atoms with Crippen LogP contribution >= 0.6 is 11.3 Å². The van der Waals surface area contributed by atoms with E-state index < -0.39 is 0 Å². The quantitative estimate of drug-likeness (QED) is 0.354. The number of pyridine rings is 1. The van der Waals surface area contributed by atoms with Crippen molar-refractivity contribution in [1.29, 1.82) is 0 Å². The lowest BCUT2D eigenvalue weighted by atomic mass is 10.0. The van der Waals surface area contributed by atoms with E-state index in [1.54, 1.807) is 23.3 Å². The monoisotopic (exact) mass is 465 g/mol. The molecule has 2 aromatic carbocycles. The van der Waals surface area contributed by atoms with Crippen molar-refractivity contribution >= 4 is 17.2 Å². The van der Waals surface area contributed by atoms with Gasteiger partial charge in [-0.2, -0.15) is 5.10 Å². The maximum atomic E-state index is 13.3. The summed E-state index contributed by atoms with van der Waals surface area (Å²) in [6.07, 6.45) is 5.29. The van der Waals surface area contributed by atoms with Gasteiger partial charge in [-0.25, -0.2) is 9.67 Å². The number of nitrogens with one attached hydrogen (secondary N) is 1. The summed E-state index contributed by atoms with van der Waals surface area (Å²) in [6.45, 7) is 4.44. The summed E-state index contributed by atoms with van der Waals surface area (Å²) in [5.41, 5.74) is 7.17. The van der Waals surface area contributed by atoms with Crippen LogP contribution in [0.3, 0.4) is 0 Å². The van der Waals surface area contributed by atoms with Gasteiger partial charge in [-0.05, 0) is 43.7 Å². The molecule has 5 aromatic rings. The summed E-state index contributed by atoms with van der Waals surface area (Å²) in [4.78, 5) is 22.0. The topological polar surface area (TPSA) is 72.7 Å². The molecule has 0 unspecified atom stereocenters. The van der Waals surface area contributed by atoms with Gasteiger partial charge in [0.15, 0.2) is 0 Å². The molecule has 1 N–H and O–H groups in total. The van der Waals surface area contributed by atoms with Crippen molar-refractivity contribution in [2.75, 3.05) is 0 Å². The summed E-state index contributed by atoms with van der Waals surface area (Å²) in [7, 11) is 0. The number of carbonyl (C=O) groups is 1. The molecular formula is C27H23N5OS. The first-order valence-electron chi connectivity index (χ1n) is 10.9. The van der Waals surface area contributed by atoms with Crippen molar-refractivity contribution in [3.8, 4) is 28.2 Å². The summed E-state index contributed by atoms with van der Waals surface area (Å²) in [6, 6.07) is 19.8. The van der Waals surface area contributed by atoms with Gasteiger partial charge in [0.2, 0.25) is 0 Å². The Labute approximate surface area is 202 Å². The first-order chi connectivity index (χ1) is 16.6. The highest BCUT2D eigenvalue weighted by atomic mass is 32.1. The average Bonchev–Trinajstić information content (AvgIpc) is 3.52. The minimum absolute atomic E-state index is 0.183. The van der Waals surface area contributed by atoms with Crippen LogP contribution in [-0.2, 0) is 6.54 Å². The third-order valence-electron chi connectivity index (χ3n) is 5.54. The summed E-state index contributed by atoms with van der Waals surface area (Å²) in [5, 5.41) is 10.7. The molecule has 1 amide bonds. The first-order valence-corrected chi connectivity index (χ1v) is 11.8. The SMILES string of the molecule is Cc1ccc(-c2nn(-c3ccccc3)cc2C(=O)NCc2nc(-c3ccncc3)cs2)c(C)c1. The second-order valence-corrected chi connectivity index (χ2v) is 8.98. The fourth-order valence-electron chi connectivity index (χ4n) is 3.83. The minimum atomic E-state index is -0.183. The molecule has 0 radical (unpaired) electrons. The van der Waals surface area contributed by atoms with Crippen LogP contribution in [0.4, 0.5) is 0 Å². The van der Waals surface area contributed by atoms with E-state index in [0.29, 0.717) is 17.8 Å². The van der Waals surface area contributed by atoms with Crippen molar-refractivity contribution < 1.29 is 4.79 Å². The molecule has 168 valence electrons. The molecule has 7 heteroatoms. The van der Waals surface area contributed by atoms with E-state index in [0.717, 1.165) is 33.1 Å². The number of rotatable bonds is 6. The Hall–Kier alpha value is -4.10. The predicted octanol–water partition coefficient (Wildman–Crippen LogP) is 5.60. The molecular weight excluding hydrogens is 442 g/mol. The van der Waals surface area contributed by atoms with Crippen molar-refractivity contribution in [3.63, 3.8) is 0 Å². The van der Waals surface area contributed by atoms with E-state index in [9.17, 15) is 4.79 Å². The van der Waals surface area contributed by atoms with E-state index in [1.807, 2.05) is 66.9 Å². The summed E-state index contributed by atoms with van der Waals surface area (Å²) >= 11 is 1.52. The highest BCUT2D eigenvalue weighted by Crippen LogP contribution is 2.28. The fraction of sp³-hybridized carbons (Fsp3) is 0.111. The number of amides is 1. The number of nitrogens with zero attached hydrogens (tertiary/aromatic N) is 4. The molecule has 3 heterocycles. The molecule has 0 fully saturated rings. The van der Waals surface area contributed by atoms with Crippen molar-refractivity contribution in [1.82, 2.24) is 25.1 Å². The van der Waals surface area contributed by atoms with Gasteiger partial charge in [0.1, 0.15) is 10.7 Å². The molecule has 0 bridgehead atoms. The van der Waals surface area contributed by atoms with Gasteiger partial charge in [-0.1, -0.05) is 42.0 Å². The number of para-hydroxylation sites is 1. The number of hydrogen-bond donors (Lipinski definition) is 1. The van der Waals surface area contributed by atoms with Crippen LogP contribution in [0.15, 0.2) is 84.6 Å². The van der Waals surface area contributed by atoms with E-state index in [1.165, 1.54) is 16.9 Å². The Morgan fingerprint density at radius 2 is 1.82 bits per heavy atom. The van der Waals surface area contributed by atoms with Crippen LogP contribution in [-0.4, -0.2) is 25.7 Å². The zero-order chi connectivity index (χ0) is 23.5. The van der Waals surface area contributed by atoms with Crippen LogP contribution in [0, 0.1) is 13.8 Å². The molecule has 0 aliphatic carbocycles. The Bertz CT molecular complexity index is 1440. The van der Waals surface area contributed by atoms with E-state index in [2.05, 4.69) is 28.3 Å². The molecule has 0 aliphatic heterocycles. The smallest absolute Gasteiger partial charge is 0.255 e. The van der Waals surface area contributed by atoms with Gasteiger partial charge < -0.3 is 5.32 Å². The van der Waals surface area contributed by atoms with E-state index in [4.69, 9.17) is 5.10 Å². The number of aromatic nitrogens is 4. The number of hydrogen-bond acceptors (Lipinski definition) is 5. The van der Waals surface area contributed by atoms with Crippen molar-refractivity contribution in [2.45, 2.75) is 20.4 Å². The normalized spacial score (nSPS) is 10.9. The molecule has 34 heavy (non-hydrogen) atoms. The van der Waals surface area contributed by atoms with E-state index >= 15 is 0 Å². The number of carbonyl (C=O) groups excluding carboxylic acids is 1. The molecule has 0 atom stereocenters. The number of aryl methyl sites for hydroxylation is 2. The van der Waals surface area contributed by atoms with Gasteiger partial charge in [0.25, 0.3) is 5.91 Å². The second kappa shape index (κ2) is 9.41. The van der Waals surface area contributed by atoms with Gasteiger partial charge in [0.05, 0.1) is 23.5 Å². The van der Waals surface area contributed by atoms with Crippen LogP contribution < -0.4 is 5.32 Å². The van der Waals surface area contributed by atoms with Crippen LogP contribution in [0.5, 0.6) is 0 Å². The van der Waals surface area contributed by atoms with Crippen LogP contribution in [0.1, 0.15) is 26.5 Å². The second-order valence-electron chi connectivity index (χ2n) is 8.03. The molecule has 6 nitrogen and oxygen atoms in total. The van der Waals surface area contributed by atoms with Gasteiger partial charge in [-0.15, -0.1) is 11.3 Å². The zero-order valence-corrected chi connectivity index (χ0v) is 19.7. The standard InChI is InChI=1S/C27H23N5OS/c1-18-8-9-22(19(2)14-18)26-23(16-32(31-26)21-6-4-3-5-7-21)27(33)29-15-25-30-24(17-34-25)20-10-12-28-13-11-20/h3-14,16-17H,15H2,1-2H3,(H,29,33). The Kier molecular flexibility index (Phi) is 6.01. The van der Waals surface area contributed by atoms with Gasteiger partial charge >= 0.3 is 0 Å². The zero-order valence-electron chi connectivity index (χ0n) is 18.9. The first kappa shape index (κ1) is 21.7.